The van der Waals surface area contributed by atoms with Crippen LogP contribution >= 0.6 is 0 Å². The Kier molecular flexibility index (Phi) is 4.39. The van der Waals surface area contributed by atoms with Crippen molar-refractivity contribution in [1.82, 2.24) is 10.2 Å². The van der Waals surface area contributed by atoms with E-state index in [0.29, 0.717) is 6.54 Å². The van der Waals surface area contributed by atoms with Crippen LogP contribution in [-0.2, 0) is 0 Å². The van der Waals surface area contributed by atoms with Crippen LogP contribution in [0.25, 0.3) is 0 Å². The number of nitrogens with one attached hydrogen (secondary N) is 1. The molecule has 1 unspecified atom stereocenters. The second-order valence-corrected chi connectivity index (χ2v) is 4.83. The summed E-state index contributed by atoms with van der Waals surface area (Å²) in [5.74, 6) is -1.92. The fourth-order valence-electron chi connectivity index (χ4n) is 2.05. The lowest BCUT2D eigenvalue weighted by molar-refractivity contribution is -0.158. The molecule has 17 heavy (non-hydrogen) atoms. The van der Waals surface area contributed by atoms with Gasteiger partial charge < -0.3 is 10.2 Å². The molecule has 1 aliphatic carbocycles. The highest BCUT2D eigenvalue weighted by atomic mass is 19.4. The lowest BCUT2D eigenvalue weighted by atomic mass is 9.75. The van der Waals surface area contributed by atoms with E-state index in [0.717, 1.165) is 19.3 Å². The van der Waals surface area contributed by atoms with Crippen molar-refractivity contribution in [2.45, 2.75) is 31.0 Å². The van der Waals surface area contributed by atoms with Gasteiger partial charge in [-0.05, 0) is 33.4 Å². The molecule has 0 aromatic heterocycles. The molecule has 98 valence electrons. The Hall–Kier alpha value is -0.800. The Morgan fingerprint density at radius 1 is 1.41 bits per heavy atom. The quantitative estimate of drug-likeness (QED) is 0.807. The van der Waals surface area contributed by atoms with E-state index in [-0.39, 0.29) is 12.1 Å². The summed E-state index contributed by atoms with van der Waals surface area (Å²) in [4.78, 5) is 2.05. The molecule has 0 aromatic carbocycles. The van der Waals surface area contributed by atoms with E-state index in [1.54, 1.807) is 0 Å². The summed E-state index contributed by atoms with van der Waals surface area (Å²) in [5, 5.41) is 11.2. The number of nitriles is 1. The van der Waals surface area contributed by atoms with Crippen LogP contribution in [0.5, 0.6) is 0 Å². The van der Waals surface area contributed by atoms with Gasteiger partial charge in [0.2, 0.25) is 0 Å². The normalized spacial score (nSPS) is 20.8. The molecule has 1 rings (SSSR count). The first kappa shape index (κ1) is 14.3. The Balaban J connectivity index is 2.39. The lowest BCUT2D eigenvalue weighted by Crippen LogP contribution is -2.57. The average Bonchev–Trinajstić information content (AvgIpc) is 2.12. The summed E-state index contributed by atoms with van der Waals surface area (Å²) in [7, 11) is 3.87. The van der Waals surface area contributed by atoms with E-state index >= 15 is 0 Å². The van der Waals surface area contributed by atoms with Gasteiger partial charge in [0, 0.05) is 18.6 Å². The SMILES string of the molecule is CN(C)C1(CNCC(C#N)C(F)(F)F)CCC1. The Morgan fingerprint density at radius 2 is 2.00 bits per heavy atom. The van der Waals surface area contributed by atoms with Crippen LogP contribution in [-0.4, -0.2) is 43.8 Å². The molecule has 0 bridgehead atoms. The van der Waals surface area contributed by atoms with Gasteiger partial charge in [-0.3, -0.25) is 0 Å². The minimum absolute atomic E-state index is 0.0222. The monoisotopic (exact) mass is 249 g/mol. The number of halogens is 3. The maximum absolute atomic E-state index is 12.3. The third-order valence-electron chi connectivity index (χ3n) is 3.59. The second kappa shape index (κ2) is 5.23. The van der Waals surface area contributed by atoms with Gasteiger partial charge in [0.15, 0.2) is 5.92 Å². The van der Waals surface area contributed by atoms with E-state index in [1.165, 1.54) is 6.07 Å². The topological polar surface area (TPSA) is 39.1 Å². The molecular weight excluding hydrogens is 231 g/mol. The first-order valence-corrected chi connectivity index (χ1v) is 5.66. The molecule has 0 heterocycles. The number of likely N-dealkylation sites (N-methyl/N-ethyl adjacent to an activating group) is 1. The van der Waals surface area contributed by atoms with Gasteiger partial charge in [-0.1, -0.05) is 0 Å². The van der Waals surface area contributed by atoms with Crippen molar-refractivity contribution in [3.05, 3.63) is 0 Å². The summed E-state index contributed by atoms with van der Waals surface area (Å²) in [6, 6.07) is 1.29. The Labute approximate surface area is 99.6 Å². The van der Waals surface area contributed by atoms with Crippen LogP contribution in [0.15, 0.2) is 0 Å². The summed E-state index contributed by atoms with van der Waals surface area (Å²) in [6.07, 6.45) is -1.33. The van der Waals surface area contributed by atoms with Crippen molar-refractivity contribution < 1.29 is 13.2 Å². The molecule has 0 aromatic rings. The van der Waals surface area contributed by atoms with Crippen molar-refractivity contribution in [2.24, 2.45) is 5.92 Å². The molecule has 0 amide bonds. The van der Waals surface area contributed by atoms with Crippen molar-refractivity contribution in [2.75, 3.05) is 27.2 Å². The number of hydrogen-bond acceptors (Lipinski definition) is 3. The van der Waals surface area contributed by atoms with Gasteiger partial charge in [-0.25, -0.2) is 0 Å². The minimum Gasteiger partial charge on any atom is -0.313 e. The molecule has 1 fully saturated rings. The highest BCUT2D eigenvalue weighted by Gasteiger charge is 2.42. The lowest BCUT2D eigenvalue weighted by Gasteiger charge is -2.47. The van der Waals surface area contributed by atoms with Crippen LogP contribution in [0.1, 0.15) is 19.3 Å². The smallest absolute Gasteiger partial charge is 0.313 e. The first-order chi connectivity index (χ1) is 7.82. The number of alkyl halides is 3. The van der Waals surface area contributed by atoms with Crippen molar-refractivity contribution in [3.8, 4) is 6.07 Å². The number of rotatable bonds is 5. The van der Waals surface area contributed by atoms with Crippen molar-refractivity contribution in [3.63, 3.8) is 0 Å². The van der Waals surface area contributed by atoms with Crippen LogP contribution in [0.3, 0.4) is 0 Å². The van der Waals surface area contributed by atoms with Gasteiger partial charge in [-0.15, -0.1) is 0 Å². The third-order valence-corrected chi connectivity index (χ3v) is 3.59. The van der Waals surface area contributed by atoms with Gasteiger partial charge >= 0.3 is 6.18 Å². The minimum atomic E-state index is -4.44. The highest BCUT2D eigenvalue weighted by Crippen LogP contribution is 2.35. The molecule has 0 saturated heterocycles. The first-order valence-electron chi connectivity index (χ1n) is 5.66. The van der Waals surface area contributed by atoms with Crippen molar-refractivity contribution in [1.29, 1.82) is 5.26 Å². The molecule has 1 aliphatic rings. The zero-order chi connectivity index (χ0) is 13.1. The summed E-state index contributed by atoms with van der Waals surface area (Å²) < 4.78 is 37.0. The van der Waals surface area contributed by atoms with E-state index < -0.39 is 12.1 Å². The highest BCUT2D eigenvalue weighted by molar-refractivity contribution is 4.98. The van der Waals surface area contributed by atoms with Crippen LogP contribution in [0.4, 0.5) is 13.2 Å². The van der Waals surface area contributed by atoms with Crippen LogP contribution in [0.2, 0.25) is 0 Å². The fourth-order valence-corrected chi connectivity index (χ4v) is 2.05. The van der Waals surface area contributed by atoms with Gasteiger partial charge in [-0.2, -0.15) is 18.4 Å². The second-order valence-electron chi connectivity index (χ2n) is 4.83. The fraction of sp³-hybridized carbons (Fsp3) is 0.909. The van der Waals surface area contributed by atoms with Gasteiger partial charge in [0.25, 0.3) is 0 Å². The van der Waals surface area contributed by atoms with E-state index in [2.05, 4.69) is 10.2 Å². The maximum atomic E-state index is 12.3. The molecule has 0 aliphatic heterocycles. The van der Waals surface area contributed by atoms with E-state index in [4.69, 9.17) is 5.26 Å². The Bertz CT molecular complexity index is 289. The number of hydrogen-bond donors (Lipinski definition) is 1. The molecule has 1 saturated carbocycles. The van der Waals surface area contributed by atoms with E-state index in [9.17, 15) is 13.2 Å². The summed E-state index contributed by atoms with van der Waals surface area (Å²) in [5.41, 5.74) is -0.0222. The third kappa shape index (κ3) is 3.33. The molecule has 0 radical (unpaired) electrons. The molecule has 1 atom stereocenters. The van der Waals surface area contributed by atoms with Gasteiger partial charge in [0.1, 0.15) is 0 Å². The summed E-state index contributed by atoms with van der Waals surface area (Å²) in [6.45, 7) is 0.184. The maximum Gasteiger partial charge on any atom is 0.405 e. The van der Waals surface area contributed by atoms with Crippen LogP contribution in [0, 0.1) is 17.2 Å². The average molecular weight is 249 g/mol. The van der Waals surface area contributed by atoms with Gasteiger partial charge in [0.05, 0.1) is 6.07 Å². The standard InChI is InChI=1S/C11H18F3N3/c1-17(2)10(4-3-5-10)8-16-7-9(6-15)11(12,13)14/h9,16H,3-5,7-8H2,1-2H3. The Morgan fingerprint density at radius 3 is 2.29 bits per heavy atom. The molecule has 6 heteroatoms. The number of nitrogens with zero attached hydrogens (tertiary/aromatic N) is 2. The molecular formula is C11H18F3N3. The zero-order valence-corrected chi connectivity index (χ0v) is 10.1. The predicted molar refractivity (Wildman–Crippen MR) is 58.3 cm³/mol. The van der Waals surface area contributed by atoms with Crippen LogP contribution < -0.4 is 5.32 Å². The molecule has 0 spiro atoms. The summed E-state index contributed by atoms with van der Waals surface area (Å²) >= 11 is 0. The molecule has 1 N–H and O–H groups in total. The predicted octanol–water partition coefficient (Wildman–Crippen LogP) is 1.76. The van der Waals surface area contributed by atoms with Crippen molar-refractivity contribution >= 4 is 0 Å². The van der Waals surface area contributed by atoms with E-state index in [1.807, 2.05) is 14.1 Å². The zero-order valence-electron chi connectivity index (χ0n) is 10.1. The molecule has 3 nitrogen and oxygen atoms in total. The largest absolute Gasteiger partial charge is 0.405 e.